The fourth-order valence-corrected chi connectivity index (χ4v) is 7.47. The second-order valence-electron chi connectivity index (χ2n) is 10.6. The van der Waals surface area contributed by atoms with Gasteiger partial charge >= 0.3 is 17.9 Å². The van der Waals surface area contributed by atoms with E-state index in [2.05, 4.69) is 26.8 Å². The molecule has 3 aliphatic carbocycles. The van der Waals surface area contributed by atoms with Gasteiger partial charge in [-0.25, -0.2) is 4.79 Å². The summed E-state index contributed by atoms with van der Waals surface area (Å²) < 4.78 is 23.8. The minimum atomic E-state index is -0.564. The van der Waals surface area contributed by atoms with Crippen molar-refractivity contribution in [3.63, 3.8) is 0 Å². The SMILES string of the molecule is CC(=O)O[C@@H]1C[C@@]23O[C@@H]2C2=C(C)C(=O)O[C@H]2C[C@H]3[C@]2(C)[C@H]1C(C)(C)C=C[C@H]2OC(C)=O. The van der Waals surface area contributed by atoms with E-state index < -0.39 is 23.2 Å². The lowest BCUT2D eigenvalue weighted by atomic mass is 9.44. The number of rotatable bonds is 2. The highest BCUT2D eigenvalue weighted by Crippen LogP contribution is 2.71. The van der Waals surface area contributed by atoms with Crippen LogP contribution in [0, 0.1) is 22.7 Å². The average molecular weight is 430 g/mol. The van der Waals surface area contributed by atoms with Crippen LogP contribution in [-0.2, 0) is 33.3 Å². The average Bonchev–Trinajstić information content (AvgIpc) is 3.27. The van der Waals surface area contributed by atoms with Gasteiger partial charge in [-0.1, -0.05) is 26.8 Å². The molecule has 2 saturated carbocycles. The maximum absolute atomic E-state index is 12.3. The van der Waals surface area contributed by atoms with Crippen LogP contribution in [0.15, 0.2) is 23.3 Å². The Kier molecular flexibility index (Phi) is 4.16. The van der Waals surface area contributed by atoms with Crippen LogP contribution >= 0.6 is 0 Å². The highest BCUT2D eigenvalue weighted by atomic mass is 16.6. The molecule has 3 fully saturated rings. The van der Waals surface area contributed by atoms with E-state index in [1.54, 1.807) is 6.92 Å². The summed E-state index contributed by atoms with van der Waals surface area (Å²) in [6.07, 6.45) is 3.78. The van der Waals surface area contributed by atoms with Crippen LogP contribution in [0.3, 0.4) is 0 Å². The topological polar surface area (TPSA) is 91.4 Å². The van der Waals surface area contributed by atoms with Crippen LogP contribution in [0.2, 0.25) is 0 Å². The molecule has 7 heteroatoms. The number of ether oxygens (including phenoxy) is 4. The summed E-state index contributed by atoms with van der Waals surface area (Å²) in [4.78, 5) is 36.4. The Bertz CT molecular complexity index is 946. The molecule has 5 rings (SSSR count). The Morgan fingerprint density at radius 1 is 1.13 bits per heavy atom. The fraction of sp³-hybridized carbons (Fsp3) is 0.708. The molecule has 2 aliphatic heterocycles. The zero-order chi connectivity index (χ0) is 22.5. The molecule has 0 aromatic carbocycles. The zero-order valence-electron chi connectivity index (χ0n) is 18.9. The van der Waals surface area contributed by atoms with Gasteiger partial charge in [-0.05, 0) is 24.8 Å². The van der Waals surface area contributed by atoms with Crippen molar-refractivity contribution in [1.29, 1.82) is 0 Å². The highest BCUT2D eigenvalue weighted by molar-refractivity contribution is 5.92. The van der Waals surface area contributed by atoms with Gasteiger partial charge in [0.25, 0.3) is 0 Å². The number of esters is 3. The molecule has 0 aromatic heterocycles. The fourth-order valence-electron chi connectivity index (χ4n) is 7.47. The van der Waals surface area contributed by atoms with Crippen molar-refractivity contribution in [2.24, 2.45) is 22.7 Å². The van der Waals surface area contributed by atoms with Crippen molar-refractivity contribution in [3.05, 3.63) is 23.3 Å². The molecular formula is C24H30O7. The molecule has 0 aromatic rings. The van der Waals surface area contributed by atoms with E-state index in [-0.39, 0.29) is 47.4 Å². The molecule has 168 valence electrons. The molecule has 8 atom stereocenters. The third kappa shape index (κ3) is 2.65. The molecule has 31 heavy (non-hydrogen) atoms. The van der Waals surface area contributed by atoms with Gasteiger partial charge in [0.05, 0.1) is 0 Å². The third-order valence-corrected chi connectivity index (χ3v) is 8.42. The van der Waals surface area contributed by atoms with Crippen LogP contribution in [0.4, 0.5) is 0 Å². The first kappa shape index (κ1) is 20.7. The summed E-state index contributed by atoms with van der Waals surface area (Å²) >= 11 is 0. The first-order chi connectivity index (χ1) is 14.4. The summed E-state index contributed by atoms with van der Waals surface area (Å²) in [6, 6.07) is 0. The van der Waals surface area contributed by atoms with Crippen LogP contribution in [0.25, 0.3) is 0 Å². The van der Waals surface area contributed by atoms with Gasteiger partial charge in [-0.15, -0.1) is 0 Å². The van der Waals surface area contributed by atoms with Crippen molar-refractivity contribution in [3.8, 4) is 0 Å². The molecule has 1 saturated heterocycles. The Morgan fingerprint density at radius 3 is 2.45 bits per heavy atom. The molecule has 0 amide bonds. The van der Waals surface area contributed by atoms with Crippen molar-refractivity contribution in [2.75, 3.05) is 0 Å². The molecule has 5 aliphatic rings. The summed E-state index contributed by atoms with van der Waals surface area (Å²) in [5, 5.41) is 0. The third-order valence-electron chi connectivity index (χ3n) is 8.42. The minimum Gasteiger partial charge on any atom is -0.462 e. The van der Waals surface area contributed by atoms with Gasteiger partial charge in [-0.3, -0.25) is 9.59 Å². The van der Waals surface area contributed by atoms with Crippen molar-refractivity contribution < 1.29 is 33.3 Å². The maximum atomic E-state index is 12.3. The summed E-state index contributed by atoms with van der Waals surface area (Å²) in [5.74, 6) is -1.10. The van der Waals surface area contributed by atoms with E-state index >= 15 is 0 Å². The van der Waals surface area contributed by atoms with Crippen molar-refractivity contribution in [2.45, 2.75) is 84.4 Å². The predicted octanol–water partition coefficient (Wildman–Crippen LogP) is 2.87. The number of carbonyl (C=O) groups excluding carboxylic acids is 3. The first-order valence-corrected chi connectivity index (χ1v) is 11.0. The van der Waals surface area contributed by atoms with Crippen LogP contribution in [0.5, 0.6) is 0 Å². The van der Waals surface area contributed by atoms with Gasteiger partial charge < -0.3 is 18.9 Å². The Balaban J connectivity index is 1.66. The Labute approximate surface area is 182 Å². The normalized spacial score (nSPS) is 46.2. The van der Waals surface area contributed by atoms with Crippen molar-refractivity contribution >= 4 is 17.9 Å². The quantitative estimate of drug-likeness (QED) is 0.288. The Hall–Kier alpha value is -2.15. The van der Waals surface area contributed by atoms with Crippen LogP contribution in [0.1, 0.15) is 54.4 Å². The predicted molar refractivity (Wildman–Crippen MR) is 109 cm³/mol. The molecule has 0 radical (unpaired) electrons. The van der Waals surface area contributed by atoms with Gasteiger partial charge in [0.1, 0.15) is 30.0 Å². The standard InChI is InChI=1S/C24H30O7/c1-11-18-14(30-21(11)27)9-16-23(6)17(29-13(3)26)7-8-22(4,5)19(23)15(28-12(2)25)10-24(16)20(18)31-24/h7-8,14-17,19-20H,9-10H2,1-6H3/t14-,15+,16-,17+,19+,20+,23-,24-/m0/s1. The lowest BCUT2D eigenvalue weighted by molar-refractivity contribution is -0.209. The summed E-state index contributed by atoms with van der Waals surface area (Å²) in [7, 11) is 0. The second kappa shape index (κ2) is 6.21. The summed E-state index contributed by atoms with van der Waals surface area (Å²) in [5.41, 5.74) is 0.148. The molecule has 0 unspecified atom stereocenters. The smallest absolute Gasteiger partial charge is 0.334 e. The lowest BCUT2D eigenvalue weighted by Crippen LogP contribution is -2.66. The molecular weight excluding hydrogens is 400 g/mol. The van der Waals surface area contributed by atoms with E-state index in [9.17, 15) is 14.4 Å². The van der Waals surface area contributed by atoms with E-state index in [1.807, 2.05) is 6.08 Å². The molecule has 0 bridgehead atoms. The summed E-state index contributed by atoms with van der Waals surface area (Å²) in [6.45, 7) is 11.0. The van der Waals surface area contributed by atoms with Gasteiger partial charge in [0, 0.05) is 48.7 Å². The van der Waals surface area contributed by atoms with E-state index in [0.29, 0.717) is 18.4 Å². The Morgan fingerprint density at radius 2 is 1.81 bits per heavy atom. The largest absolute Gasteiger partial charge is 0.462 e. The first-order valence-electron chi connectivity index (χ1n) is 11.0. The monoisotopic (exact) mass is 430 g/mol. The lowest BCUT2D eigenvalue weighted by Gasteiger charge is -2.62. The highest BCUT2D eigenvalue weighted by Gasteiger charge is 2.79. The van der Waals surface area contributed by atoms with E-state index in [1.165, 1.54) is 13.8 Å². The van der Waals surface area contributed by atoms with Gasteiger partial charge in [0.15, 0.2) is 0 Å². The zero-order valence-corrected chi connectivity index (χ0v) is 18.9. The number of allylic oxidation sites excluding steroid dienone is 1. The van der Waals surface area contributed by atoms with Crippen LogP contribution in [-0.4, -0.2) is 47.9 Å². The number of epoxide rings is 1. The van der Waals surface area contributed by atoms with Crippen molar-refractivity contribution in [1.82, 2.24) is 0 Å². The molecule has 2 heterocycles. The number of carbonyl (C=O) groups is 3. The van der Waals surface area contributed by atoms with E-state index in [0.717, 1.165) is 5.57 Å². The second-order valence-corrected chi connectivity index (χ2v) is 10.6. The van der Waals surface area contributed by atoms with E-state index in [4.69, 9.17) is 18.9 Å². The number of hydrogen-bond donors (Lipinski definition) is 0. The van der Waals surface area contributed by atoms with Gasteiger partial charge in [-0.2, -0.15) is 0 Å². The van der Waals surface area contributed by atoms with Gasteiger partial charge in [0.2, 0.25) is 0 Å². The molecule has 7 nitrogen and oxygen atoms in total. The van der Waals surface area contributed by atoms with Crippen LogP contribution < -0.4 is 0 Å². The minimum absolute atomic E-state index is 0.0252. The number of fused-ring (bicyclic) bond motifs is 4. The molecule has 1 spiro atoms. The molecule has 0 N–H and O–H groups in total. The number of hydrogen-bond acceptors (Lipinski definition) is 7. The maximum Gasteiger partial charge on any atom is 0.334 e.